The smallest absolute Gasteiger partial charge is 0.0958 e. The highest BCUT2D eigenvalue weighted by atomic mass is 32.1. The number of unbranched alkanes of at least 4 members (excludes halogenated alkanes) is 4. The van der Waals surface area contributed by atoms with E-state index in [1.807, 2.05) is 5.38 Å². The van der Waals surface area contributed by atoms with Crippen LogP contribution >= 0.6 is 11.3 Å². The SMILES string of the molecule is CCCCCCCc1nc(/C=N/O)cs1. The molecule has 1 heterocycles. The third-order valence-corrected chi connectivity index (χ3v) is 3.18. The minimum Gasteiger partial charge on any atom is -0.411 e. The van der Waals surface area contributed by atoms with Crippen LogP contribution in [0.2, 0.25) is 0 Å². The van der Waals surface area contributed by atoms with Crippen LogP contribution in [0.25, 0.3) is 0 Å². The average Bonchev–Trinajstić information content (AvgIpc) is 2.66. The molecule has 0 aliphatic carbocycles. The Hall–Kier alpha value is -0.900. The van der Waals surface area contributed by atoms with E-state index in [1.165, 1.54) is 38.3 Å². The summed E-state index contributed by atoms with van der Waals surface area (Å²) in [5, 5.41) is 14.4. The molecule has 0 amide bonds. The summed E-state index contributed by atoms with van der Waals surface area (Å²) in [6.07, 6.45) is 8.87. The summed E-state index contributed by atoms with van der Waals surface area (Å²) in [4.78, 5) is 4.33. The lowest BCUT2D eigenvalue weighted by molar-refractivity contribution is 0.321. The van der Waals surface area contributed by atoms with Crippen molar-refractivity contribution in [1.29, 1.82) is 0 Å². The van der Waals surface area contributed by atoms with Crippen LogP contribution in [-0.2, 0) is 6.42 Å². The average molecular weight is 226 g/mol. The third-order valence-electron chi connectivity index (χ3n) is 2.25. The van der Waals surface area contributed by atoms with Gasteiger partial charge in [0, 0.05) is 5.38 Å². The van der Waals surface area contributed by atoms with Crippen LogP contribution in [0, 0.1) is 0 Å². The molecule has 1 N–H and O–H groups in total. The van der Waals surface area contributed by atoms with E-state index in [9.17, 15) is 0 Å². The molecule has 0 unspecified atom stereocenters. The topological polar surface area (TPSA) is 45.5 Å². The van der Waals surface area contributed by atoms with Crippen molar-refractivity contribution in [1.82, 2.24) is 4.98 Å². The second kappa shape index (κ2) is 7.40. The standard InChI is InChI=1S/C11H18N2OS/c1-2-3-4-5-6-7-11-13-10(8-12-14)9-15-11/h8-9,14H,2-7H2,1H3/b12-8+. The Morgan fingerprint density at radius 1 is 1.40 bits per heavy atom. The largest absolute Gasteiger partial charge is 0.411 e. The van der Waals surface area contributed by atoms with E-state index in [0.717, 1.165) is 17.1 Å². The van der Waals surface area contributed by atoms with Gasteiger partial charge in [-0.15, -0.1) is 11.3 Å². The number of aryl methyl sites for hydroxylation is 1. The predicted octanol–water partition coefficient (Wildman–Crippen LogP) is 3.46. The molecule has 0 saturated heterocycles. The maximum atomic E-state index is 8.34. The van der Waals surface area contributed by atoms with Gasteiger partial charge in [0.2, 0.25) is 0 Å². The maximum absolute atomic E-state index is 8.34. The quantitative estimate of drug-likeness (QED) is 0.335. The zero-order valence-corrected chi connectivity index (χ0v) is 9.96. The summed E-state index contributed by atoms with van der Waals surface area (Å²) in [6, 6.07) is 0. The highest BCUT2D eigenvalue weighted by Crippen LogP contribution is 2.13. The zero-order valence-electron chi connectivity index (χ0n) is 9.15. The summed E-state index contributed by atoms with van der Waals surface area (Å²) in [7, 11) is 0. The molecular weight excluding hydrogens is 208 g/mol. The molecule has 84 valence electrons. The second-order valence-corrected chi connectivity index (χ2v) is 4.52. The first-order valence-corrected chi connectivity index (χ1v) is 6.36. The molecule has 1 aromatic rings. The third kappa shape index (κ3) is 4.93. The Morgan fingerprint density at radius 3 is 2.93 bits per heavy atom. The normalized spacial score (nSPS) is 11.3. The lowest BCUT2D eigenvalue weighted by atomic mass is 10.1. The van der Waals surface area contributed by atoms with Crippen molar-refractivity contribution >= 4 is 17.6 Å². The van der Waals surface area contributed by atoms with E-state index in [1.54, 1.807) is 11.3 Å². The van der Waals surface area contributed by atoms with E-state index in [2.05, 4.69) is 17.1 Å². The molecule has 0 spiro atoms. The van der Waals surface area contributed by atoms with Gasteiger partial charge >= 0.3 is 0 Å². The minimum atomic E-state index is 0.756. The molecular formula is C11H18N2OS. The van der Waals surface area contributed by atoms with Gasteiger partial charge in [0.1, 0.15) is 0 Å². The summed E-state index contributed by atoms with van der Waals surface area (Å²) in [6.45, 7) is 2.22. The Labute approximate surface area is 94.9 Å². The molecule has 0 bridgehead atoms. The molecule has 1 rings (SSSR count). The van der Waals surface area contributed by atoms with Crippen molar-refractivity contribution in [2.24, 2.45) is 5.16 Å². The Kier molecular flexibility index (Phi) is 6.00. The van der Waals surface area contributed by atoms with Crippen LogP contribution in [0.4, 0.5) is 0 Å². The first-order chi connectivity index (χ1) is 7.36. The molecule has 4 heteroatoms. The van der Waals surface area contributed by atoms with Crippen molar-refractivity contribution < 1.29 is 5.21 Å². The van der Waals surface area contributed by atoms with Crippen LogP contribution in [0.1, 0.15) is 49.7 Å². The molecule has 0 saturated carbocycles. The molecule has 3 nitrogen and oxygen atoms in total. The van der Waals surface area contributed by atoms with Crippen molar-refractivity contribution in [3.63, 3.8) is 0 Å². The molecule has 0 aromatic carbocycles. The summed E-state index contributed by atoms with van der Waals surface area (Å²) in [5.74, 6) is 0. The fourth-order valence-corrected chi connectivity index (χ4v) is 2.23. The first kappa shape index (κ1) is 12.2. The van der Waals surface area contributed by atoms with Gasteiger partial charge in [-0.25, -0.2) is 4.98 Å². The van der Waals surface area contributed by atoms with Crippen molar-refractivity contribution in [2.45, 2.75) is 45.4 Å². The fourth-order valence-electron chi connectivity index (χ4n) is 1.44. The van der Waals surface area contributed by atoms with Crippen molar-refractivity contribution in [3.05, 3.63) is 16.1 Å². The van der Waals surface area contributed by atoms with Crippen LogP contribution < -0.4 is 0 Å². The summed E-state index contributed by atoms with van der Waals surface area (Å²) < 4.78 is 0. The molecule has 0 fully saturated rings. The van der Waals surface area contributed by atoms with Gasteiger partial charge in [-0.2, -0.15) is 0 Å². The molecule has 15 heavy (non-hydrogen) atoms. The Morgan fingerprint density at radius 2 is 2.20 bits per heavy atom. The molecule has 1 aromatic heterocycles. The van der Waals surface area contributed by atoms with Crippen LogP contribution in [0.15, 0.2) is 10.5 Å². The van der Waals surface area contributed by atoms with Gasteiger partial charge in [-0.1, -0.05) is 37.8 Å². The predicted molar refractivity (Wildman–Crippen MR) is 64.0 cm³/mol. The van der Waals surface area contributed by atoms with E-state index >= 15 is 0 Å². The van der Waals surface area contributed by atoms with Gasteiger partial charge < -0.3 is 5.21 Å². The van der Waals surface area contributed by atoms with Gasteiger partial charge in [-0.3, -0.25) is 0 Å². The van der Waals surface area contributed by atoms with Gasteiger partial charge in [0.05, 0.1) is 16.9 Å². The lowest BCUT2D eigenvalue weighted by Gasteiger charge is -1.97. The van der Waals surface area contributed by atoms with E-state index in [4.69, 9.17) is 5.21 Å². The van der Waals surface area contributed by atoms with Gasteiger partial charge in [0.25, 0.3) is 0 Å². The number of aromatic nitrogens is 1. The van der Waals surface area contributed by atoms with Gasteiger partial charge in [0.15, 0.2) is 0 Å². The highest BCUT2D eigenvalue weighted by molar-refractivity contribution is 7.09. The van der Waals surface area contributed by atoms with Crippen LogP contribution in [-0.4, -0.2) is 16.4 Å². The van der Waals surface area contributed by atoms with E-state index in [-0.39, 0.29) is 0 Å². The molecule has 0 radical (unpaired) electrons. The van der Waals surface area contributed by atoms with Crippen LogP contribution in [0.3, 0.4) is 0 Å². The number of rotatable bonds is 7. The zero-order chi connectivity index (χ0) is 10.9. The van der Waals surface area contributed by atoms with E-state index in [0.29, 0.717) is 0 Å². The fraction of sp³-hybridized carbons (Fsp3) is 0.636. The number of hydrogen-bond donors (Lipinski definition) is 1. The maximum Gasteiger partial charge on any atom is 0.0958 e. The number of hydrogen-bond acceptors (Lipinski definition) is 4. The van der Waals surface area contributed by atoms with Crippen molar-refractivity contribution in [2.75, 3.05) is 0 Å². The summed E-state index contributed by atoms with van der Waals surface area (Å²) in [5.41, 5.74) is 0.756. The van der Waals surface area contributed by atoms with Crippen LogP contribution in [0.5, 0.6) is 0 Å². The number of nitrogens with zero attached hydrogens (tertiary/aromatic N) is 2. The monoisotopic (exact) mass is 226 g/mol. The Balaban J connectivity index is 2.19. The molecule has 0 atom stereocenters. The lowest BCUT2D eigenvalue weighted by Crippen LogP contribution is -1.87. The first-order valence-electron chi connectivity index (χ1n) is 5.48. The highest BCUT2D eigenvalue weighted by Gasteiger charge is 1.99. The molecule has 0 aliphatic heterocycles. The van der Waals surface area contributed by atoms with E-state index < -0.39 is 0 Å². The Bertz CT molecular complexity index is 297. The number of oxime groups is 1. The van der Waals surface area contributed by atoms with Gasteiger partial charge in [-0.05, 0) is 12.8 Å². The summed E-state index contributed by atoms with van der Waals surface area (Å²) >= 11 is 1.64. The number of thiazole rings is 1. The molecule has 0 aliphatic rings. The van der Waals surface area contributed by atoms with Crippen molar-refractivity contribution in [3.8, 4) is 0 Å². The second-order valence-electron chi connectivity index (χ2n) is 3.57. The minimum absolute atomic E-state index is 0.756.